The van der Waals surface area contributed by atoms with Gasteiger partial charge in [0.05, 0.1) is 0 Å². The van der Waals surface area contributed by atoms with Crippen molar-refractivity contribution in [2.45, 2.75) is 39.0 Å². The average Bonchev–Trinajstić information content (AvgIpc) is 2.97. The lowest BCUT2D eigenvalue weighted by atomic mass is 9.85. The molecule has 1 heteroatoms. The molecule has 1 atom stereocenters. The Morgan fingerprint density at radius 2 is 1.95 bits per heavy atom. The van der Waals surface area contributed by atoms with Crippen molar-refractivity contribution in [3.05, 3.63) is 71.3 Å². The normalized spacial score (nSPS) is 17.0. The molecule has 1 aliphatic carbocycles. The lowest BCUT2D eigenvalue weighted by molar-refractivity contribution is 0.832. The predicted molar refractivity (Wildman–Crippen MR) is 95.9 cm³/mol. The molecule has 3 rings (SSSR count). The Morgan fingerprint density at radius 3 is 2.68 bits per heavy atom. The summed E-state index contributed by atoms with van der Waals surface area (Å²) in [5, 5.41) is 11.1. The molecule has 0 heterocycles. The summed E-state index contributed by atoms with van der Waals surface area (Å²) >= 11 is 0. The molecule has 22 heavy (non-hydrogen) atoms. The van der Waals surface area contributed by atoms with Gasteiger partial charge in [0.25, 0.3) is 0 Å². The standard InChI is InChI=1S/C21H23N/c1-3-4-12-20(22)21-18-10-6-5-9-16(18)13-14-19(21)17-11-7-8-15(17)2/h5-11,13-14,17,22H,3-4,12H2,1-2H3. The molecule has 2 aromatic carbocycles. The van der Waals surface area contributed by atoms with Crippen molar-refractivity contribution >= 4 is 16.5 Å². The summed E-state index contributed by atoms with van der Waals surface area (Å²) in [7, 11) is 0. The first kappa shape index (κ1) is 14.8. The van der Waals surface area contributed by atoms with Gasteiger partial charge in [-0.2, -0.15) is 0 Å². The molecule has 0 fully saturated rings. The van der Waals surface area contributed by atoms with Gasteiger partial charge >= 0.3 is 0 Å². The van der Waals surface area contributed by atoms with Crippen molar-refractivity contribution < 1.29 is 0 Å². The lowest BCUT2D eigenvalue weighted by Crippen LogP contribution is -2.08. The Bertz CT molecular complexity index is 765. The van der Waals surface area contributed by atoms with Gasteiger partial charge in [0.2, 0.25) is 0 Å². The first-order valence-electron chi connectivity index (χ1n) is 8.16. The van der Waals surface area contributed by atoms with Crippen LogP contribution in [0.1, 0.15) is 50.2 Å². The van der Waals surface area contributed by atoms with Gasteiger partial charge in [-0.3, -0.25) is 0 Å². The Hall–Kier alpha value is -2.15. The van der Waals surface area contributed by atoms with E-state index in [4.69, 9.17) is 5.41 Å². The van der Waals surface area contributed by atoms with E-state index in [0.717, 1.165) is 30.5 Å². The second-order valence-corrected chi connectivity index (χ2v) is 6.11. The van der Waals surface area contributed by atoms with Crippen LogP contribution in [0.5, 0.6) is 0 Å². The van der Waals surface area contributed by atoms with Crippen molar-refractivity contribution in [2.75, 3.05) is 0 Å². The Kier molecular flexibility index (Phi) is 4.24. The molecule has 112 valence electrons. The van der Waals surface area contributed by atoms with E-state index in [2.05, 4.69) is 68.5 Å². The van der Waals surface area contributed by atoms with Crippen molar-refractivity contribution in [3.63, 3.8) is 0 Å². The molecule has 1 unspecified atom stereocenters. The third-order valence-corrected chi connectivity index (χ3v) is 4.53. The van der Waals surface area contributed by atoms with Gasteiger partial charge in [-0.15, -0.1) is 0 Å². The van der Waals surface area contributed by atoms with E-state index in [9.17, 15) is 0 Å². The number of allylic oxidation sites excluding steroid dienone is 4. The van der Waals surface area contributed by atoms with E-state index >= 15 is 0 Å². The molecular weight excluding hydrogens is 266 g/mol. The highest BCUT2D eigenvalue weighted by atomic mass is 14.4. The summed E-state index contributed by atoms with van der Waals surface area (Å²) in [6.07, 6.45) is 9.63. The first-order valence-corrected chi connectivity index (χ1v) is 8.16. The highest BCUT2D eigenvalue weighted by Crippen LogP contribution is 2.36. The summed E-state index contributed by atoms with van der Waals surface area (Å²) in [4.78, 5) is 0. The third kappa shape index (κ3) is 2.64. The van der Waals surface area contributed by atoms with Gasteiger partial charge < -0.3 is 5.41 Å². The minimum atomic E-state index is 0.321. The molecule has 0 bridgehead atoms. The highest BCUT2D eigenvalue weighted by molar-refractivity contribution is 6.11. The number of benzene rings is 2. The van der Waals surface area contributed by atoms with Gasteiger partial charge in [0.15, 0.2) is 0 Å². The summed E-state index contributed by atoms with van der Waals surface area (Å²) in [6, 6.07) is 12.9. The average molecular weight is 289 g/mol. The van der Waals surface area contributed by atoms with Crippen LogP contribution in [-0.2, 0) is 0 Å². The zero-order chi connectivity index (χ0) is 15.5. The minimum absolute atomic E-state index is 0.321. The van der Waals surface area contributed by atoms with Gasteiger partial charge in [0.1, 0.15) is 0 Å². The van der Waals surface area contributed by atoms with Crippen molar-refractivity contribution in [3.8, 4) is 0 Å². The molecule has 1 nitrogen and oxygen atoms in total. The largest absolute Gasteiger partial charge is 0.305 e. The number of nitrogens with one attached hydrogen (secondary N) is 1. The van der Waals surface area contributed by atoms with Crippen molar-refractivity contribution in [1.29, 1.82) is 5.41 Å². The van der Waals surface area contributed by atoms with E-state index in [1.54, 1.807) is 0 Å². The predicted octanol–water partition coefficient (Wildman–Crippen LogP) is 6.00. The lowest BCUT2D eigenvalue weighted by Gasteiger charge is -2.19. The molecule has 0 saturated carbocycles. The number of fused-ring (bicyclic) bond motifs is 1. The molecule has 0 radical (unpaired) electrons. The van der Waals surface area contributed by atoms with E-state index in [0.29, 0.717) is 5.92 Å². The molecule has 0 amide bonds. The van der Waals surface area contributed by atoms with E-state index in [1.807, 2.05) is 0 Å². The van der Waals surface area contributed by atoms with Crippen LogP contribution in [0, 0.1) is 5.41 Å². The molecule has 1 N–H and O–H groups in total. The van der Waals surface area contributed by atoms with Crippen LogP contribution in [-0.4, -0.2) is 5.71 Å². The van der Waals surface area contributed by atoms with Gasteiger partial charge in [0, 0.05) is 17.2 Å². The topological polar surface area (TPSA) is 23.9 Å². The summed E-state index contributed by atoms with van der Waals surface area (Å²) < 4.78 is 0. The number of unbranched alkanes of at least 4 members (excludes halogenated alkanes) is 1. The summed E-state index contributed by atoms with van der Waals surface area (Å²) in [5.74, 6) is 0.321. The van der Waals surface area contributed by atoms with Crippen molar-refractivity contribution in [2.24, 2.45) is 0 Å². The van der Waals surface area contributed by atoms with Gasteiger partial charge in [-0.25, -0.2) is 0 Å². The van der Waals surface area contributed by atoms with Crippen LogP contribution in [0.3, 0.4) is 0 Å². The fraction of sp³-hybridized carbons (Fsp3) is 0.286. The van der Waals surface area contributed by atoms with Gasteiger partial charge in [-0.05, 0) is 36.1 Å². The van der Waals surface area contributed by atoms with Crippen molar-refractivity contribution in [1.82, 2.24) is 0 Å². The number of rotatable bonds is 5. The molecule has 2 aromatic rings. The number of hydrogen-bond donors (Lipinski definition) is 1. The molecule has 1 aliphatic rings. The quantitative estimate of drug-likeness (QED) is 0.653. The Balaban J connectivity index is 2.17. The second-order valence-electron chi connectivity index (χ2n) is 6.11. The minimum Gasteiger partial charge on any atom is -0.305 e. The maximum atomic E-state index is 8.64. The monoisotopic (exact) mass is 289 g/mol. The molecule has 0 aliphatic heterocycles. The first-order chi connectivity index (χ1) is 10.7. The summed E-state index contributed by atoms with van der Waals surface area (Å²) in [5.41, 5.74) is 4.57. The van der Waals surface area contributed by atoms with Crippen LogP contribution in [0.25, 0.3) is 10.8 Å². The summed E-state index contributed by atoms with van der Waals surface area (Å²) in [6.45, 7) is 4.36. The highest BCUT2D eigenvalue weighted by Gasteiger charge is 2.20. The van der Waals surface area contributed by atoms with Crippen LogP contribution in [0.4, 0.5) is 0 Å². The Labute approximate surface area is 132 Å². The van der Waals surface area contributed by atoms with Crippen LogP contribution >= 0.6 is 0 Å². The second kappa shape index (κ2) is 6.31. The maximum absolute atomic E-state index is 8.64. The zero-order valence-electron chi connectivity index (χ0n) is 13.4. The molecular formula is C21H23N. The maximum Gasteiger partial charge on any atom is 0.0395 e. The van der Waals surface area contributed by atoms with E-state index in [1.165, 1.54) is 21.9 Å². The van der Waals surface area contributed by atoms with Gasteiger partial charge in [-0.1, -0.05) is 73.5 Å². The van der Waals surface area contributed by atoms with Crippen LogP contribution in [0.15, 0.2) is 60.2 Å². The molecule has 0 spiro atoms. The fourth-order valence-electron chi connectivity index (χ4n) is 3.29. The smallest absolute Gasteiger partial charge is 0.0395 e. The fourth-order valence-corrected chi connectivity index (χ4v) is 3.29. The zero-order valence-corrected chi connectivity index (χ0v) is 13.4. The van der Waals surface area contributed by atoms with E-state index < -0.39 is 0 Å². The Morgan fingerprint density at radius 1 is 1.14 bits per heavy atom. The molecule has 0 saturated heterocycles. The van der Waals surface area contributed by atoms with Crippen LogP contribution < -0.4 is 0 Å². The SMILES string of the molecule is CCCCC(=N)c1c(C2C=CC=C2C)ccc2ccccc12. The van der Waals surface area contributed by atoms with Crippen LogP contribution in [0.2, 0.25) is 0 Å². The number of hydrogen-bond acceptors (Lipinski definition) is 1. The van der Waals surface area contributed by atoms with E-state index in [-0.39, 0.29) is 0 Å². The third-order valence-electron chi connectivity index (χ3n) is 4.53. The molecule has 0 aromatic heterocycles.